The molecule has 5 rings (SSSR count). The van der Waals surface area contributed by atoms with E-state index >= 15 is 0 Å². The molecular formula is C29H42N4O4. The molecule has 1 aromatic carbocycles. The molecule has 0 spiro atoms. The maximum absolute atomic E-state index is 12.8. The van der Waals surface area contributed by atoms with Crippen LogP contribution in [0.3, 0.4) is 0 Å². The fourth-order valence-electron chi connectivity index (χ4n) is 6.36. The van der Waals surface area contributed by atoms with Gasteiger partial charge in [0.15, 0.2) is 0 Å². The normalized spacial score (nSPS) is 24.8. The lowest BCUT2D eigenvalue weighted by Gasteiger charge is -2.37. The molecule has 3 amide bonds. The van der Waals surface area contributed by atoms with Crippen molar-refractivity contribution in [3.63, 3.8) is 0 Å². The molecule has 0 aromatic heterocycles. The zero-order valence-electron chi connectivity index (χ0n) is 22.0. The molecule has 8 heteroatoms. The van der Waals surface area contributed by atoms with Gasteiger partial charge in [-0.3, -0.25) is 24.6 Å². The maximum Gasteiger partial charge on any atom is 0.234 e. The summed E-state index contributed by atoms with van der Waals surface area (Å²) in [5.74, 6) is 0.0780. The Bertz CT molecular complexity index is 930. The molecule has 4 aliphatic rings. The largest absolute Gasteiger partial charge is 0.377 e. The molecule has 3 saturated heterocycles. The zero-order chi connectivity index (χ0) is 25.6. The van der Waals surface area contributed by atoms with E-state index in [-0.39, 0.29) is 29.8 Å². The highest BCUT2D eigenvalue weighted by Gasteiger charge is 2.30. The van der Waals surface area contributed by atoms with Crippen molar-refractivity contribution in [3.8, 4) is 0 Å². The Morgan fingerprint density at radius 2 is 1.57 bits per heavy atom. The van der Waals surface area contributed by atoms with Crippen molar-refractivity contribution in [2.24, 2.45) is 5.92 Å². The van der Waals surface area contributed by atoms with Crippen molar-refractivity contribution < 1.29 is 19.1 Å². The Balaban J connectivity index is 0.982. The van der Waals surface area contributed by atoms with Crippen LogP contribution in [-0.2, 0) is 19.1 Å². The second-order valence-electron chi connectivity index (χ2n) is 11.2. The van der Waals surface area contributed by atoms with Crippen LogP contribution in [0.2, 0.25) is 0 Å². The van der Waals surface area contributed by atoms with Gasteiger partial charge in [0.05, 0.1) is 18.6 Å². The minimum Gasteiger partial charge on any atom is -0.377 e. The van der Waals surface area contributed by atoms with Gasteiger partial charge in [-0.1, -0.05) is 31.4 Å². The summed E-state index contributed by atoms with van der Waals surface area (Å²) in [6, 6.07) is 8.26. The summed E-state index contributed by atoms with van der Waals surface area (Å²) in [5.41, 5.74) is 2.16. The number of nitrogens with zero attached hydrogens (tertiary/aromatic N) is 3. The van der Waals surface area contributed by atoms with E-state index in [1.807, 2.05) is 12.1 Å². The van der Waals surface area contributed by atoms with Crippen molar-refractivity contribution in [1.29, 1.82) is 0 Å². The Labute approximate surface area is 220 Å². The van der Waals surface area contributed by atoms with Gasteiger partial charge in [-0.15, -0.1) is 0 Å². The van der Waals surface area contributed by atoms with Crippen LogP contribution < -0.4 is 10.2 Å². The molecule has 1 aromatic rings. The number of carbonyl (C=O) groups is 3. The van der Waals surface area contributed by atoms with Crippen LogP contribution >= 0.6 is 0 Å². The standard InChI is InChI=1S/C29H42N4O4/c34-27-11-10-26(28(35)30-27)22-6-8-24(9-7-22)32-18-16-31(17-19-32)20-21-37-25-12-14-33(15-13-25)29(36)23-4-2-1-3-5-23/h6-9,23,25-26H,1-5,10-21H2,(H,30,34,35). The number of nitrogens with one attached hydrogen (secondary N) is 1. The highest BCUT2D eigenvalue weighted by Crippen LogP contribution is 2.28. The number of hydrogen-bond donors (Lipinski definition) is 1. The van der Waals surface area contributed by atoms with Gasteiger partial charge in [-0.05, 0) is 49.8 Å². The fourth-order valence-corrected chi connectivity index (χ4v) is 6.36. The molecule has 1 atom stereocenters. The van der Waals surface area contributed by atoms with Crippen LogP contribution in [-0.4, -0.2) is 86.0 Å². The van der Waals surface area contributed by atoms with Gasteiger partial charge in [0, 0.05) is 63.8 Å². The second kappa shape index (κ2) is 12.4. The van der Waals surface area contributed by atoms with E-state index in [4.69, 9.17) is 4.74 Å². The van der Waals surface area contributed by atoms with Gasteiger partial charge < -0.3 is 14.5 Å². The molecule has 4 fully saturated rings. The van der Waals surface area contributed by atoms with Crippen LogP contribution in [0.15, 0.2) is 24.3 Å². The molecule has 0 radical (unpaired) electrons. The third-order valence-electron chi connectivity index (χ3n) is 8.74. The van der Waals surface area contributed by atoms with Crippen molar-refractivity contribution in [1.82, 2.24) is 15.1 Å². The minimum absolute atomic E-state index is 0.173. The first-order valence-corrected chi connectivity index (χ1v) is 14.4. The van der Waals surface area contributed by atoms with E-state index in [0.717, 1.165) is 83.7 Å². The molecule has 0 bridgehead atoms. The lowest BCUT2D eigenvalue weighted by molar-refractivity contribution is -0.139. The number of imide groups is 1. The van der Waals surface area contributed by atoms with E-state index in [1.165, 1.54) is 24.9 Å². The molecular weight excluding hydrogens is 468 g/mol. The van der Waals surface area contributed by atoms with Crippen LogP contribution in [0.1, 0.15) is 69.3 Å². The Morgan fingerprint density at radius 1 is 0.865 bits per heavy atom. The SMILES string of the molecule is O=C1CCC(c2ccc(N3CCN(CCOC4CCN(C(=O)C5CCCCC5)CC4)CC3)cc2)C(=O)N1. The minimum atomic E-state index is -0.229. The summed E-state index contributed by atoms with van der Waals surface area (Å²) < 4.78 is 6.21. The Kier molecular flexibility index (Phi) is 8.77. The molecule has 3 heterocycles. The fraction of sp³-hybridized carbons (Fsp3) is 0.690. The molecule has 1 unspecified atom stereocenters. The van der Waals surface area contributed by atoms with E-state index in [0.29, 0.717) is 18.7 Å². The van der Waals surface area contributed by atoms with E-state index < -0.39 is 0 Å². The van der Waals surface area contributed by atoms with Gasteiger partial charge in [0.2, 0.25) is 17.7 Å². The quantitative estimate of drug-likeness (QED) is 0.568. The zero-order valence-corrected chi connectivity index (χ0v) is 22.0. The number of hydrogen-bond acceptors (Lipinski definition) is 6. The summed E-state index contributed by atoms with van der Waals surface area (Å²) >= 11 is 0. The second-order valence-corrected chi connectivity index (χ2v) is 11.2. The Morgan fingerprint density at radius 3 is 2.24 bits per heavy atom. The number of amides is 3. The predicted octanol–water partition coefficient (Wildman–Crippen LogP) is 2.92. The third-order valence-corrected chi connectivity index (χ3v) is 8.74. The van der Waals surface area contributed by atoms with E-state index in [9.17, 15) is 14.4 Å². The van der Waals surface area contributed by atoms with Crippen LogP contribution in [0.4, 0.5) is 5.69 Å². The van der Waals surface area contributed by atoms with Gasteiger partial charge in [0.1, 0.15) is 0 Å². The molecule has 37 heavy (non-hydrogen) atoms. The molecule has 1 saturated carbocycles. The summed E-state index contributed by atoms with van der Waals surface area (Å²) in [5, 5.41) is 2.45. The highest BCUT2D eigenvalue weighted by molar-refractivity contribution is 6.00. The topological polar surface area (TPSA) is 82.2 Å². The number of benzene rings is 1. The first-order chi connectivity index (χ1) is 18.1. The summed E-state index contributed by atoms with van der Waals surface area (Å²) in [4.78, 5) is 43.3. The molecule has 202 valence electrons. The monoisotopic (exact) mass is 510 g/mol. The van der Waals surface area contributed by atoms with Crippen molar-refractivity contribution in [2.45, 2.75) is 69.8 Å². The molecule has 1 N–H and O–H groups in total. The highest BCUT2D eigenvalue weighted by atomic mass is 16.5. The smallest absolute Gasteiger partial charge is 0.234 e. The van der Waals surface area contributed by atoms with Gasteiger partial charge in [0.25, 0.3) is 0 Å². The number of ether oxygens (including phenoxy) is 1. The summed E-state index contributed by atoms with van der Waals surface area (Å²) in [6.07, 6.45) is 9.05. The van der Waals surface area contributed by atoms with Gasteiger partial charge in [-0.25, -0.2) is 0 Å². The first-order valence-electron chi connectivity index (χ1n) is 14.4. The van der Waals surface area contributed by atoms with Crippen LogP contribution in [0.5, 0.6) is 0 Å². The molecule has 1 aliphatic carbocycles. The number of likely N-dealkylation sites (tertiary alicyclic amines) is 1. The van der Waals surface area contributed by atoms with Crippen LogP contribution in [0, 0.1) is 5.92 Å². The average Bonchev–Trinajstić information content (AvgIpc) is 2.94. The number of anilines is 1. The van der Waals surface area contributed by atoms with E-state index in [1.54, 1.807) is 0 Å². The van der Waals surface area contributed by atoms with Gasteiger partial charge >= 0.3 is 0 Å². The summed E-state index contributed by atoms with van der Waals surface area (Å²) in [7, 11) is 0. The van der Waals surface area contributed by atoms with Gasteiger partial charge in [-0.2, -0.15) is 0 Å². The number of rotatable bonds is 7. The number of carbonyl (C=O) groups excluding carboxylic acids is 3. The van der Waals surface area contributed by atoms with Crippen molar-refractivity contribution in [3.05, 3.63) is 29.8 Å². The first kappa shape index (κ1) is 26.2. The molecule has 8 nitrogen and oxygen atoms in total. The predicted molar refractivity (Wildman–Crippen MR) is 142 cm³/mol. The average molecular weight is 511 g/mol. The number of piperidine rings is 2. The van der Waals surface area contributed by atoms with Crippen molar-refractivity contribution >= 4 is 23.4 Å². The maximum atomic E-state index is 12.8. The van der Waals surface area contributed by atoms with Crippen LogP contribution in [0.25, 0.3) is 0 Å². The van der Waals surface area contributed by atoms with E-state index in [2.05, 4.69) is 32.1 Å². The lowest BCUT2D eigenvalue weighted by atomic mass is 9.88. The Hall–Kier alpha value is -2.45. The van der Waals surface area contributed by atoms with Crippen molar-refractivity contribution in [2.75, 3.05) is 57.3 Å². The molecule has 3 aliphatic heterocycles. The third kappa shape index (κ3) is 6.71. The summed E-state index contributed by atoms with van der Waals surface area (Å²) in [6.45, 7) is 7.35. The number of piperazine rings is 1. The lowest BCUT2D eigenvalue weighted by Crippen LogP contribution is -2.48.